The quantitative estimate of drug-likeness (QED) is 0.851. The number of hydrogen-bond donors (Lipinski definition) is 2. The summed E-state index contributed by atoms with van der Waals surface area (Å²) in [6.45, 7) is 0.0603. The Hall–Kier alpha value is -1.43. The van der Waals surface area contributed by atoms with Gasteiger partial charge in [0.25, 0.3) is 0 Å². The first-order chi connectivity index (χ1) is 12.6. The van der Waals surface area contributed by atoms with Crippen LogP contribution in [0.15, 0.2) is 0 Å². The van der Waals surface area contributed by atoms with Crippen LogP contribution in [0, 0.1) is 23.2 Å². The average molecular weight is 374 g/mol. The van der Waals surface area contributed by atoms with E-state index in [2.05, 4.69) is 15.6 Å². The lowest BCUT2D eigenvalue weighted by atomic mass is 9.49. The van der Waals surface area contributed by atoms with E-state index in [4.69, 9.17) is 0 Å². The summed E-state index contributed by atoms with van der Waals surface area (Å²) < 4.78 is 0. The number of nitrogens with one attached hydrogen (secondary N) is 2. The molecule has 4 saturated carbocycles. The maximum Gasteiger partial charge on any atom is 0.245 e. The zero-order chi connectivity index (χ0) is 17.7. The molecule has 6 heteroatoms. The van der Waals surface area contributed by atoms with Crippen molar-refractivity contribution in [2.24, 2.45) is 23.2 Å². The van der Waals surface area contributed by atoms with Crippen LogP contribution in [0.25, 0.3) is 0 Å². The molecule has 4 fully saturated rings. The van der Waals surface area contributed by atoms with Gasteiger partial charge in [0.1, 0.15) is 0 Å². The highest BCUT2D eigenvalue weighted by Crippen LogP contribution is 2.60. The molecule has 1 aromatic rings. The van der Waals surface area contributed by atoms with E-state index < -0.39 is 0 Å². The van der Waals surface area contributed by atoms with E-state index in [1.807, 2.05) is 0 Å². The topological polar surface area (TPSA) is 71.1 Å². The summed E-state index contributed by atoms with van der Waals surface area (Å²) in [6, 6.07) is 0. The lowest BCUT2D eigenvalue weighted by Crippen LogP contribution is -2.54. The first-order valence-electron chi connectivity index (χ1n) is 10.2. The van der Waals surface area contributed by atoms with Gasteiger partial charge in [0.2, 0.25) is 11.8 Å². The van der Waals surface area contributed by atoms with Gasteiger partial charge in [0.05, 0.1) is 12.2 Å². The fourth-order valence-electron chi connectivity index (χ4n) is 6.31. The predicted molar refractivity (Wildman–Crippen MR) is 101 cm³/mol. The van der Waals surface area contributed by atoms with Crippen molar-refractivity contribution in [3.05, 3.63) is 10.6 Å². The number of carbonyl (C=O) groups excluding carboxylic acids is 2. The number of carbonyl (C=O) groups is 2. The first-order valence-corrected chi connectivity index (χ1v) is 11.0. The molecule has 6 rings (SSSR count). The maximum atomic E-state index is 12.9. The average Bonchev–Trinajstić information content (AvgIpc) is 3.00. The lowest BCUT2D eigenvalue weighted by molar-refractivity contribution is -0.146. The second-order valence-electron chi connectivity index (χ2n) is 9.02. The van der Waals surface area contributed by atoms with Crippen LogP contribution < -0.4 is 10.6 Å². The number of rotatable bonds is 4. The number of anilines is 1. The molecule has 0 atom stereocenters. The number of nitrogens with zero attached hydrogens (tertiary/aromatic N) is 1. The van der Waals surface area contributed by atoms with Gasteiger partial charge in [-0.15, -0.1) is 11.3 Å². The van der Waals surface area contributed by atoms with Crippen molar-refractivity contribution in [3.63, 3.8) is 0 Å². The molecule has 4 bridgehead atoms. The van der Waals surface area contributed by atoms with Crippen molar-refractivity contribution in [3.8, 4) is 0 Å². The van der Waals surface area contributed by atoms with Crippen LogP contribution in [-0.4, -0.2) is 23.3 Å². The Morgan fingerprint density at radius 3 is 2.35 bits per heavy atom. The first kappa shape index (κ1) is 16.7. The lowest BCUT2D eigenvalue weighted by Gasteiger charge is -2.55. The molecule has 5 aliphatic rings. The van der Waals surface area contributed by atoms with Gasteiger partial charge >= 0.3 is 0 Å². The largest absolute Gasteiger partial charge is 0.347 e. The molecule has 0 aromatic carbocycles. The van der Waals surface area contributed by atoms with Crippen LogP contribution in [0.4, 0.5) is 5.13 Å². The Bertz CT molecular complexity index is 683. The molecule has 0 unspecified atom stereocenters. The molecule has 1 heterocycles. The highest BCUT2D eigenvalue weighted by Gasteiger charge is 2.54. The number of aryl methyl sites for hydroxylation is 2. The van der Waals surface area contributed by atoms with Crippen LogP contribution in [-0.2, 0) is 22.4 Å². The SMILES string of the molecule is O=C(CNC(=O)C12CC3CC(CC(C3)C1)C2)Nc1nc2c(s1)CCCC2. The van der Waals surface area contributed by atoms with Gasteiger partial charge in [0.15, 0.2) is 5.13 Å². The van der Waals surface area contributed by atoms with E-state index in [1.165, 1.54) is 37.0 Å². The van der Waals surface area contributed by atoms with Gasteiger partial charge in [-0.1, -0.05) is 0 Å². The number of hydrogen-bond acceptors (Lipinski definition) is 4. The second kappa shape index (κ2) is 6.32. The van der Waals surface area contributed by atoms with Crippen LogP contribution in [0.5, 0.6) is 0 Å². The summed E-state index contributed by atoms with van der Waals surface area (Å²) in [4.78, 5) is 31.1. The molecule has 5 nitrogen and oxygen atoms in total. The number of amides is 2. The van der Waals surface area contributed by atoms with Crippen molar-refractivity contribution in [2.45, 2.75) is 64.2 Å². The monoisotopic (exact) mass is 373 g/mol. The number of thiazole rings is 1. The zero-order valence-corrected chi connectivity index (χ0v) is 16.0. The van der Waals surface area contributed by atoms with E-state index in [-0.39, 0.29) is 23.8 Å². The minimum atomic E-state index is -0.185. The second-order valence-corrected chi connectivity index (χ2v) is 10.1. The van der Waals surface area contributed by atoms with E-state index >= 15 is 0 Å². The minimum absolute atomic E-state index is 0.0603. The molecule has 0 saturated heterocycles. The summed E-state index contributed by atoms with van der Waals surface area (Å²) in [5, 5.41) is 6.52. The van der Waals surface area contributed by atoms with Gasteiger partial charge in [-0.05, 0) is 82.0 Å². The third kappa shape index (κ3) is 2.96. The fourth-order valence-corrected chi connectivity index (χ4v) is 7.37. The Balaban J connectivity index is 1.18. The Labute approximate surface area is 158 Å². The minimum Gasteiger partial charge on any atom is -0.347 e. The van der Waals surface area contributed by atoms with Gasteiger partial charge in [-0.3, -0.25) is 9.59 Å². The van der Waals surface area contributed by atoms with E-state index in [0.29, 0.717) is 5.13 Å². The molecule has 2 N–H and O–H groups in total. The van der Waals surface area contributed by atoms with Crippen LogP contribution >= 0.6 is 11.3 Å². The van der Waals surface area contributed by atoms with Crippen molar-refractivity contribution in [2.75, 3.05) is 11.9 Å². The summed E-state index contributed by atoms with van der Waals surface area (Å²) in [7, 11) is 0. The summed E-state index contributed by atoms with van der Waals surface area (Å²) in [6.07, 6.45) is 11.6. The molecule has 0 spiro atoms. The Kier molecular flexibility index (Phi) is 4.07. The highest BCUT2D eigenvalue weighted by molar-refractivity contribution is 7.15. The standard InChI is InChI=1S/C20H27N3O2S/c24-17(23-19-22-15-3-1-2-4-16(15)26-19)11-21-18(25)20-8-12-5-13(9-20)7-14(6-12)10-20/h12-14H,1-11H2,(H,21,25)(H,22,23,24). The van der Waals surface area contributed by atoms with Crippen molar-refractivity contribution >= 4 is 28.3 Å². The smallest absolute Gasteiger partial charge is 0.245 e. The summed E-state index contributed by atoms with van der Waals surface area (Å²) >= 11 is 1.59. The third-order valence-electron chi connectivity index (χ3n) is 7.02. The molecule has 5 aliphatic carbocycles. The van der Waals surface area contributed by atoms with Crippen molar-refractivity contribution < 1.29 is 9.59 Å². The predicted octanol–water partition coefficient (Wildman–Crippen LogP) is 3.29. The van der Waals surface area contributed by atoms with E-state index in [9.17, 15) is 9.59 Å². The molecule has 140 valence electrons. The van der Waals surface area contributed by atoms with Crippen LogP contribution in [0.1, 0.15) is 61.9 Å². The number of fused-ring (bicyclic) bond motifs is 1. The van der Waals surface area contributed by atoms with Crippen LogP contribution in [0.2, 0.25) is 0 Å². The number of aromatic nitrogens is 1. The Morgan fingerprint density at radius 1 is 1.04 bits per heavy atom. The highest BCUT2D eigenvalue weighted by atomic mass is 32.1. The molecular formula is C20H27N3O2S. The molecule has 0 aliphatic heterocycles. The van der Waals surface area contributed by atoms with Gasteiger partial charge in [-0.25, -0.2) is 4.98 Å². The van der Waals surface area contributed by atoms with Gasteiger partial charge in [-0.2, -0.15) is 0 Å². The van der Waals surface area contributed by atoms with Crippen molar-refractivity contribution in [1.82, 2.24) is 10.3 Å². The molecule has 0 radical (unpaired) electrons. The maximum absolute atomic E-state index is 12.9. The molecule has 26 heavy (non-hydrogen) atoms. The van der Waals surface area contributed by atoms with Gasteiger partial charge < -0.3 is 10.6 Å². The molecule has 2 amide bonds. The van der Waals surface area contributed by atoms with E-state index in [1.54, 1.807) is 11.3 Å². The Morgan fingerprint density at radius 2 is 1.69 bits per heavy atom. The summed E-state index contributed by atoms with van der Waals surface area (Å²) in [5.74, 6) is 2.17. The normalized spacial score (nSPS) is 34.4. The third-order valence-corrected chi connectivity index (χ3v) is 8.09. The fraction of sp³-hybridized carbons (Fsp3) is 0.750. The molecule has 1 aromatic heterocycles. The van der Waals surface area contributed by atoms with Crippen molar-refractivity contribution in [1.29, 1.82) is 0 Å². The zero-order valence-electron chi connectivity index (χ0n) is 15.2. The summed E-state index contributed by atoms with van der Waals surface area (Å²) in [5.41, 5.74) is 0.962. The van der Waals surface area contributed by atoms with Gasteiger partial charge in [0, 0.05) is 10.3 Å². The van der Waals surface area contributed by atoms with E-state index in [0.717, 1.165) is 55.6 Å². The molecular weight excluding hydrogens is 346 g/mol. The van der Waals surface area contributed by atoms with Crippen LogP contribution in [0.3, 0.4) is 0 Å².